The molecular weight excluding hydrogens is 286 g/mol. The highest BCUT2D eigenvalue weighted by Gasteiger charge is 2.26. The highest BCUT2D eigenvalue weighted by Crippen LogP contribution is 2.19. The molecule has 0 saturated carbocycles. The molecule has 118 valence electrons. The van der Waals surface area contributed by atoms with Gasteiger partial charge in [0.1, 0.15) is 0 Å². The van der Waals surface area contributed by atoms with Gasteiger partial charge in [-0.2, -0.15) is 0 Å². The van der Waals surface area contributed by atoms with Gasteiger partial charge in [-0.1, -0.05) is 18.6 Å². The number of carbonyl (C=O) groups excluding carboxylic acids is 1. The summed E-state index contributed by atoms with van der Waals surface area (Å²) >= 11 is 0. The van der Waals surface area contributed by atoms with Gasteiger partial charge in [-0.15, -0.1) is 12.4 Å². The number of carbonyl (C=O) groups is 1. The Morgan fingerprint density at radius 3 is 2.90 bits per heavy atom. The second-order valence-corrected chi connectivity index (χ2v) is 5.81. The fourth-order valence-electron chi connectivity index (χ4n) is 2.92. The maximum Gasteiger partial charge on any atom is 0.238 e. The largest absolute Gasteiger partial charge is 0.327 e. The molecule has 0 aliphatic carbocycles. The zero-order valence-corrected chi connectivity index (χ0v) is 13.7. The van der Waals surface area contributed by atoms with Crippen molar-refractivity contribution in [3.63, 3.8) is 0 Å². The SMILES string of the molecule is Cc1cccc(NC(=O)CN2CCCCC2C(C)N)c1.Cl. The molecule has 21 heavy (non-hydrogen) atoms. The molecule has 0 bridgehead atoms. The monoisotopic (exact) mass is 311 g/mol. The van der Waals surface area contributed by atoms with Crippen LogP contribution in [0.15, 0.2) is 24.3 Å². The molecule has 2 rings (SSSR count). The summed E-state index contributed by atoms with van der Waals surface area (Å²) in [5.74, 6) is 0.0446. The molecule has 0 aromatic heterocycles. The molecule has 5 heteroatoms. The van der Waals surface area contributed by atoms with E-state index in [1.165, 1.54) is 6.42 Å². The van der Waals surface area contributed by atoms with Gasteiger partial charge in [-0.05, 0) is 50.9 Å². The van der Waals surface area contributed by atoms with Gasteiger partial charge in [0.2, 0.25) is 5.91 Å². The van der Waals surface area contributed by atoms with Crippen molar-refractivity contribution in [2.45, 2.75) is 45.2 Å². The van der Waals surface area contributed by atoms with Crippen LogP contribution in [0, 0.1) is 6.92 Å². The average molecular weight is 312 g/mol. The summed E-state index contributed by atoms with van der Waals surface area (Å²) in [6, 6.07) is 8.32. The lowest BCUT2D eigenvalue weighted by molar-refractivity contribution is -0.118. The van der Waals surface area contributed by atoms with Gasteiger partial charge < -0.3 is 11.1 Å². The summed E-state index contributed by atoms with van der Waals surface area (Å²) in [5, 5.41) is 2.97. The Bertz CT molecular complexity index is 465. The van der Waals surface area contributed by atoms with Gasteiger partial charge in [-0.3, -0.25) is 9.69 Å². The standard InChI is InChI=1S/C16H25N3O.ClH/c1-12-6-5-7-14(10-12)18-16(20)11-19-9-4-3-8-15(19)13(2)17;/h5-7,10,13,15H,3-4,8-9,11,17H2,1-2H3,(H,18,20);1H. The number of halogens is 1. The third kappa shape index (κ3) is 5.30. The molecule has 4 nitrogen and oxygen atoms in total. The van der Waals surface area contributed by atoms with Crippen molar-refractivity contribution in [3.05, 3.63) is 29.8 Å². The van der Waals surface area contributed by atoms with Gasteiger partial charge in [0.15, 0.2) is 0 Å². The van der Waals surface area contributed by atoms with Crippen molar-refractivity contribution in [3.8, 4) is 0 Å². The number of piperidine rings is 1. The molecule has 1 amide bonds. The predicted molar refractivity (Wildman–Crippen MR) is 89.9 cm³/mol. The first kappa shape index (κ1) is 18.0. The molecule has 3 N–H and O–H groups in total. The van der Waals surface area contributed by atoms with Crippen molar-refractivity contribution in [1.82, 2.24) is 4.90 Å². The average Bonchev–Trinajstić information content (AvgIpc) is 2.38. The van der Waals surface area contributed by atoms with Crippen LogP contribution in [0.4, 0.5) is 5.69 Å². The van der Waals surface area contributed by atoms with Crippen molar-refractivity contribution < 1.29 is 4.79 Å². The number of nitrogens with one attached hydrogen (secondary N) is 1. The van der Waals surface area contributed by atoms with Crippen molar-refractivity contribution in [1.29, 1.82) is 0 Å². The minimum Gasteiger partial charge on any atom is -0.327 e. The van der Waals surface area contributed by atoms with Crippen molar-refractivity contribution in [2.75, 3.05) is 18.4 Å². The number of hydrogen-bond acceptors (Lipinski definition) is 3. The smallest absolute Gasteiger partial charge is 0.238 e. The number of rotatable bonds is 4. The van der Waals surface area contributed by atoms with E-state index in [0.29, 0.717) is 12.6 Å². The van der Waals surface area contributed by atoms with Crippen LogP contribution in [0.5, 0.6) is 0 Å². The molecule has 1 saturated heterocycles. The molecule has 1 aliphatic heterocycles. The molecule has 2 atom stereocenters. The van der Waals surface area contributed by atoms with Gasteiger partial charge in [-0.25, -0.2) is 0 Å². The predicted octanol–water partition coefficient (Wildman–Crippen LogP) is 2.56. The van der Waals surface area contributed by atoms with Crippen molar-refractivity contribution in [2.24, 2.45) is 5.73 Å². The van der Waals surface area contributed by atoms with Crippen LogP contribution in [0.2, 0.25) is 0 Å². The molecule has 0 radical (unpaired) electrons. The normalized spacial score (nSPS) is 20.4. The Labute approximate surface area is 133 Å². The number of aryl methyl sites for hydroxylation is 1. The summed E-state index contributed by atoms with van der Waals surface area (Å²) < 4.78 is 0. The highest BCUT2D eigenvalue weighted by molar-refractivity contribution is 5.92. The lowest BCUT2D eigenvalue weighted by atomic mass is 9.97. The number of hydrogen-bond donors (Lipinski definition) is 2. The Balaban J connectivity index is 0.00000220. The summed E-state index contributed by atoms with van der Waals surface area (Å²) in [5.41, 5.74) is 8.04. The highest BCUT2D eigenvalue weighted by atomic mass is 35.5. The summed E-state index contributed by atoms with van der Waals surface area (Å²) in [6.45, 7) is 5.45. The Morgan fingerprint density at radius 1 is 1.48 bits per heavy atom. The van der Waals surface area contributed by atoms with Gasteiger partial charge >= 0.3 is 0 Å². The number of anilines is 1. The van der Waals surface area contributed by atoms with Gasteiger partial charge in [0.05, 0.1) is 6.54 Å². The zero-order chi connectivity index (χ0) is 14.5. The van der Waals surface area contributed by atoms with E-state index in [-0.39, 0.29) is 24.4 Å². The quantitative estimate of drug-likeness (QED) is 0.898. The maximum atomic E-state index is 12.2. The van der Waals surface area contributed by atoms with Gasteiger partial charge in [0.25, 0.3) is 0 Å². The molecule has 0 spiro atoms. The van der Waals surface area contributed by atoms with Crippen LogP contribution in [0.3, 0.4) is 0 Å². The summed E-state index contributed by atoms with van der Waals surface area (Å²) in [7, 11) is 0. The van der Waals surface area contributed by atoms with Gasteiger partial charge in [0, 0.05) is 17.8 Å². The number of benzene rings is 1. The summed E-state index contributed by atoms with van der Waals surface area (Å²) in [6.07, 6.45) is 3.46. The van der Waals surface area contributed by atoms with E-state index in [2.05, 4.69) is 10.2 Å². The van der Waals surface area contributed by atoms with E-state index < -0.39 is 0 Å². The Morgan fingerprint density at radius 2 is 2.24 bits per heavy atom. The topological polar surface area (TPSA) is 58.4 Å². The van der Waals surface area contributed by atoms with E-state index in [1.54, 1.807) is 0 Å². The van der Waals surface area contributed by atoms with Crippen LogP contribution < -0.4 is 11.1 Å². The van der Waals surface area contributed by atoms with Crippen LogP contribution in [0.25, 0.3) is 0 Å². The van der Waals surface area contributed by atoms with Crippen molar-refractivity contribution >= 4 is 24.0 Å². The molecule has 1 aromatic rings. The van der Waals surface area contributed by atoms with E-state index in [1.807, 2.05) is 38.1 Å². The molecular formula is C16H26ClN3O. The van der Waals surface area contributed by atoms with E-state index >= 15 is 0 Å². The third-order valence-corrected chi connectivity index (χ3v) is 3.92. The first-order valence-electron chi connectivity index (χ1n) is 7.42. The van der Waals surface area contributed by atoms with Crippen LogP contribution in [0.1, 0.15) is 31.7 Å². The Hall–Kier alpha value is -1.10. The fraction of sp³-hybridized carbons (Fsp3) is 0.562. The molecule has 1 fully saturated rings. The zero-order valence-electron chi connectivity index (χ0n) is 12.8. The van der Waals surface area contributed by atoms with Crippen LogP contribution in [-0.4, -0.2) is 36.0 Å². The van der Waals surface area contributed by atoms with E-state index in [9.17, 15) is 4.79 Å². The minimum absolute atomic E-state index is 0. The number of nitrogens with two attached hydrogens (primary N) is 1. The number of nitrogens with zero attached hydrogens (tertiary/aromatic N) is 1. The molecule has 1 aliphatic rings. The fourth-order valence-corrected chi connectivity index (χ4v) is 2.92. The molecule has 1 heterocycles. The lowest BCUT2D eigenvalue weighted by Gasteiger charge is -2.37. The number of likely N-dealkylation sites (tertiary alicyclic amines) is 1. The minimum atomic E-state index is 0. The molecule has 1 aromatic carbocycles. The third-order valence-electron chi connectivity index (χ3n) is 3.92. The second-order valence-electron chi connectivity index (χ2n) is 5.81. The lowest BCUT2D eigenvalue weighted by Crippen LogP contribution is -2.51. The Kier molecular flexibility index (Phi) is 7.15. The first-order valence-corrected chi connectivity index (χ1v) is 7.42. The first-order chi connectivity index (χ1) is 9.56. The van der Waals surface area contributed by atoms with Crippen LogP contribution >= 0.6 is 12.4 Å². The molecule has 2 unspecified atom stereocenters. The number of amides is 1. The van der Waals surface area contributed by atoms with E-state index in [4.69, 9.17) is 5.73 Å². The van der Waals surface area contributed by atoms with E-state index in [0.717, 1.165) is 30.6 Å². The maximum absolute atomic E-state index is 12.2. The van der Waals surface area contributed by atoms with Crippen LogP contribution in [-0.2, 0) is 4.79 Å². The summed E-state index contributed by atoms with van der Waals surface area (Å²) in [4.78, 5) is 14.4. The second kappa shape index (κ2) is 8.37.